The van der Waals surface area contributed by atoms with Gasteiger partial charge in [-0.15, -0.1) is 0 Å². The maximum absolute atomic E-state index is 13.3. The van der Waals surface area contributed by atoms with E-state index in [4.69, 9.17) is 15.7 Å². The summed E-state index contributed by atoms with van der Waals surface area (Å²) in [6.45, 7) is 2.58. The summed E-state index contributed by atoms with van der Waals surface area (Å²) >= 11 is 0. The number of amides is 1. The number of nitrogens with zero attached hydrogens (tertiary/aromatic N) is 4. The molecule has 1 amide bonds. The van der Waals surface area contributed by atoms with Crippen molar-refractivity contribution in [3.63, 3.8) is 0 Å². The van der Waals surface area contributed by atoms with Crippen LogP contribution in [0.15, 0.2) is 65.3 Å². The Balaban J connectivity index is 1.53. The molecule has 0 radical (unpaired) electrons. The number of nitrogens with two attached hydrogens (primary N) is 1. The number of rotatable bonds is 6. The molecule has 3 N–H and O–H groups in total. The van der Waals surface area contributed by atoms with Crippen LogP contribution in [0.2, 0.25) is 0 Å². The van der Waals surface area contributed by atoms with Crippen LogP contribution in [0.5, 0.6) is 0 Å². The predicted molar refractivity (Wildman–Crippen MR) is 137 cm³/mol. The summed E-state index contributed by atoms with van der Waals surface area (Å²) in [4.78, 5) is 22.7. The van der Waals surface area contributed by atoms with Crippen LogP contribution in [0.25, 0.3) is 22.2 Å². The lowest BCUT2D eigenvalue weighted by Crippen LogP contribution is -2.25. The van der Waals surface area contributed by atoms with Crippen LogP contribution in [0.4, 0.5) is 5.82 Å². The van der Waals surface area contributed by atoms with Gasteiger partial charge < -0.3 is 11.1 Å². The molecule has 34 heavy (non-hydrogen) atoms. The molecule has 0 aliphatic heterocycles. The van der Waals surface area contributed by atoms with Crippen LogP contribution in [-0.2, 0) is 0 Å². The van der Waals surface area contributed by atoms with Crippen LogP contribution >= 0.6 is 0 Å². The molecule has 1 aliphatic carbocycles. The first kappa shape index (κ1) is 21.8. The molecule has 0 unspecified atom stereocenters. The number of aromatic nitrogens is 3. The lowest BCUT2D eigenvalue weighted by molar-refractivity contribution is 0.0956. The van der Waals surface area contributed by atoms with Gasteiger partial charge in [0.1, 0.15) is 16.9 Å². The number of aryl methyl sites for hydroxylation is 1. The number of benzene rings is 2. The molecular formula is C27H28N6O. The van der Waals surface area contributed by atoms with Crippen molar-refractivity contribution in [2.75, 3.05) is 12.3 Å². The van der Waals surface area contributed by atoms with E-state index in [2.05, 4.69) is 16.5 Å². The average Bonchev–Trinajstić information content (AvgIpc) is 3.12. The number of carbonyl (C=O) groups is 1. The number of hydrogen-bond donors (Lipinski definition) is 2. The van der Waals surface area contributed by atoms with Gasteiger partial charge in [0, 0.05) is 6.54 Å². The summed E-state index contributed by atoms with van der Waals surface area (Å²) in [5, 5.41) is 7.63. The highest BCUT2D eigenvalue weighted by atomic mass is 16.1. The van der Waals surface area contributed by atoms with Gasteiger partial charge >= 0.3 is 0 Å². The van der Waals surface area contributed by atoms with Crippen LogP contribution in [0, 0.1) is 6.92 Å². The van der Waals surface area contributed by atoms with Gasteiger partial charge in [0.2, 0.25) is 0 Å². The third-order valence-electron chi connectivity index (χ3n) is 6.32. The Hall–Kier alpha value is -4.00. The molecule has 0 atom stereocenters. The zero-order chi connectivity index (χ0) is 23.5. The monoisotopic (exact) mass is 452 g/mol. The highest BCUT2D eigenvalue weighted by molar-refractivity contribution is 6.10. The first-order valence-electron chi connectivity index (χ1n) is 11.7. The van der Waals surface area contributed by atoms with E-state index >= 15 is 0 Å². The summed E-state index contributed by atoms with van der Waals surface area (Å²) in [5.41, 5.74) is 12.6. The molecule has 0 saturated heterocycles. The largest absolute Gasteiger partial charge is 0.383 e. The molecular weight excluding hydrogens is 424 g/mol. The van der Waals surface area contributed by atoms with Gasteiger partial charge in [0.05, 0.1) is 17.2 Å². The second kappa shape index (κ2) is 9.47. The van der Waals surface area contributed by atoms with Crippen LogP contribution in [0.3, 0.4) is 0 Å². The quantitative estimate of drug-likeness (QED) is 0.318. The van der Waals surface area contributed by atoms with E-state index in [0.29, 0.717) is 28.8 Å². The van der Waals surface area contributed by atoms with E-state index in [9.17, 15) is 4.79 Å². The molecule has 5 rings (SSSR count). The van der Waals surface area contributed by atoms with Gasteiger partial charge in [-0.1, -0.05) is 48.0 Å². The Morgan fingerprint density at radius 1 is 1.12 bits per heavy atom. The van der Waals surface area contributed by atoms with Crippen molar-refractivity contribution in [1.82, 2.24) is 20.0 Å². The number of hydrogen-bond acceptors (Lipinski definition) is 5. The van der Waals surface area contributed by atoms with Gasteiger partial charge in [0.25, 0.3) is 5.91 Å². The van der Waals surface area contributed by atoms with Crippen LogP contribution < -0.4 is 11.1 Å². The van der Waals surface area contributed by atoms with Crippen molar-refractivity contribution in [2.24, 2.45) is 5.10 Å². The normalized spacial score (nSPS) is 14.1. The molecule has 0 fully saturated rings. The lowest BCUT2D eigenvalue weighted by atomic mass is 9.97. The number of para-hydroxylation sites is 2. The number of anilines is 1. The third kappa shape index (κ3) is 4.29. The molecule has 172 valence electrons. The molecule has 1 aliphatic rings. The number of allylic oxidation sites excluding steroid dienone is 1. The van der Waals surface area contributed by atoms with Gasteiger partial charge in [-0.25, -0.2) is 9.97 Å². The van der Waals surface area contributed by atoms with E-state index in [1.165, 1.54) is 23.1 Å². The maximum Gasteiger partial charge on any atom is 0.257 e. The van der Waals surface area contributed by atoms with Gasteiger partial charge in [-0.05, 0) is 62.3 Å². The standard InChI is InChI=1S/C27H28N6O/c1-18-9-5-6-12-20(18)17-30-33-25(28)23(27(34)29-16-15-19-10-3-2-4-11-19)24-26(33)32-22-14-8-7-13-21(22)31-24/h5-10,12-14,17H,2-4,11,15-16,28H2,1H3,(H,29,34)/b30-17+. The number of fused-ring (bicyclic) bond motifs is 2. The number of carbonyl (C=O) groups excluding carboxylic acids is 1. The molecule has 0 saturated carbocycles. The Morgan fingerprint density at radius 2 is 1.88 bits per heavy atom. The average molecular weight is 453 g/mol. The second-order valence-corrected chi connectivity index (χ2v) is 8.67. The Bertz CT molecular complexity index is 1430. The van der Waals surface area contributed by atoms with Crippen LogP contribution in [0.1, 0.15) is 53.6 Å². The van der Waals surface area contributed by atoms with Crippen molar-refractivity contribution in [1.29, 1.82) is 0 Å². The number of nitrogens with one attached hydrogen (secondary N) is 1. The van der Waals surface area contributed by atoms with Gasteiger partial charge in [-0.2, -0.15) is 9.78 Å². The fourth-order valence-corrected chi connectivity index (χ4v) is 4.40. The van der Waals surface area contributed by atoms with E-state index in [0.717, 1.165) is 35.9 Å². The molecule has 7 nitrogen and oxygen atoms in total. The molecule has 2 aromatic carbocycles. The minimum atomic E-state index is -0.256. The molecule has 0 bridgehead atoms. The first-order valence-corrected chi connectivity index (χ1v) is 11.7. The van der Waals surface area contributed by atoms with Crippen molar-refractivity contribution in [2.45, 2.75) is 39.0 Å². The second-order valence-electron chi connectivity index (χ2n) is 8.67. The van der Waals surface area contributed by atoms with Gasteiger partial charge in [0.15, 0.2) is 5.65 Å². The van der Waals surface area contributed by atoms with Crippen LogP contribution in [-0.4, -0.2) is 33.3 Å². The zero-order valence-corrected chi connectivity index (χ0v) is 19.3. The topological polar surface area (TPSA) is 98.2 Å². The van der Waals surface area contributed by atoms with Gasteiger partial charge in [-0.3, -0.25) is 4.79 Å². The summed E-state index contributed by atoms with van der Waals surface area (Å²) in [5.74, 6) is -0.0298. The van der Waals surface area contributed by atoms with E-state index in [-0.39, 0.29) is 11.7 Å². The minimum Gasteiger partial charge on any atom is -0.383 e. The molecule has 2 heterocycles. The molecule has 0 spiro atoms. The smallest absolute Gasteiger partial charge is 0.257 e. The molecule has 2 aromatic heterocycles. The maximum atomic E-state index is 13.3. The molecule has 4 aromatic rings. The Labute approximate surface area is 198 Å². The first-order chi connectivity index (χ1) is 16.6. The summed E-state index contributed by atoms with van der Waals surface area (Å²) in [7, 11) is 0. The highest BCUT2D eigenvalue weighted by Crippen LogP contribution is 2.28. The lowest BCUT2D eigenvalue weighted by Gasteiger charge is -2.13. The van der Waals surface area contributed by atoms with E-state index in [1.54, 1.807) is 6.21 Å². The fraction of sp³-hybridized carbons (Fsp3) is 0.259. The predicted octanol–water partition coefficient (Wildman–Crippen LogP) is 4.98. The van der Waals surface area contributed by atoms with Crippen molar-refractivity contribution < 1.29 is 4.79 Å². The number of nitrogen functional groups attached to an aromatic ring is 1. The van der Waals surface area contributed by atoms with Crippen molar-refractivity contribution in [3.8, 4) is 0 Å². The minimum absolute atomic E-state index is 0.226. The fourth-order valence-electron chi connectivity index (χ4n) is 4.40. The Kier molecular flexibility index (Phi) is 6.08. The van der Waals surface area contributed by atoms with E-state index < -0.39 is 0 Å². The summed E-state index contributed by atoms with van der Waals surface area (Å²) in [6.07, 6.45) is 9.61. The van der Waals surface area contributed by atoms with Crippen molar-refractivity contribution in [3.05, 3.63) is 76.9 Å². The van der Waals surface area contributed by atoms with Crippen molar-refractivity contribution >= 4 is 40.1 Å². The summed E-state index contributed by atoms with van der Waals surface area (Å²) in [6, 6.07) is 15.5. The summed E-state index contributed by atoms with van der Waals surface area (Å²) < 4.78 is 1.51. The zero-order valence-electron chi connectivity index (χ0n) is 19.3. The highest BCUT2D eigenvalue weighted by Gasteiger charge is 2.24. The SMILES string of the molecule is Cc1ccccc1/C=N/n1c(N)c(C(=O)NCCC2=CCCCC2)c2nc3ccccc3nc21. The Morgan fingerprint density at radius 3 is 2.65 bits per heavy atom. The van der Waals surface area contributed by atoms with E-state index in [1.807, 2.05) is 55.5 Å². The third-order valence-corrected chi connectivity index (χ3v) is 6.32. The molecule has 7 heteroatoms.